The molecule has 0 aliphatic heterocycles. The van der Waals surface area contributed by atoms with Gasteiger partial charge in [-0.2, -0.15) is 0 Å². The van der Waals surface area contributed by atoms with E-state index in [0.717, 1.165) is 11.3 Å². The lowest BCUT2D eigenvalue weighted by atomic mass is 10.1. The molecular formula is C24H28N4O. The zero-order chi connectivity index (χ0) is 20.8. The molecule has 1 amide bonds. The molecular weight excluding hydrogens is 360 g/mol. The van der Waals surface area contributed by atoms with Gasteiger partial charge in [0.1, 0.15) is 5.69 Å². The van der Waals surface area contributed by atoms with Gasteiger partial charge in [-0.3, -0.25) is 4.79 Å². The zero-order valence-corrected chi connectivity index (χ0v) is 17.5. The number of hydrogen-bond acceptors (Lipinski definition) is 4. The van der Waals surface area contributed by atoms with Crippen LogP contribution in [0.25, 0.3) is 0 Å². The zero-order valence-electron chi connectivity index (χ0n) is 17.5. The first-order chi connectivity index (χ1) is 13.9. The van der Waals surface area contributed by atoms with Crippen LogP contribution >= 0.6 is 0 Å². The van der Waals surface area contributed by atoms with Crippen LogP contribution in [0, 0.1) is 13.8 Å². The Kier molecular flexibility index (Phi) is 6.60. The summed E-state index contributed by atoms with van der Waals surface area (Å²) in [5.41, 5.74) is 4.66. The third-order valence-electron chi connectivity index (χ3n) is 4.85. The summed E-state index contributed by atoms with van der Waals surface area (Å²) < 4.78 is 0. The van der Waals surface area contributed by atoms with Gasteiger partial charge in [-0.25, -0.2) is 9.97 Å². The highest BCUT2D eigenvalue weighted by atomic mass is 16.2. The Balaban J connectivity index is 1.79. The fourth-order valence-corrected chi connectivity index (χ4v) is 3.16. The fourth-order valence-electron chi connectivity index (χ4n) is 3.16. The van der Waals surface area contributed by atoms with Crippen molar-refractivity contribution in [1.29, 1.82) is 0 Å². The van der Waals surface area contributed by atoms with Crippen LogP contribution in [-0.4, -0.2) is 26.8 Å². The maximum absolute atomic E-state index is 13.2. The molecule has 29 heavy (non-hydrogen) atoms. The monoisotopic (exact) mass is 388 g/mol. The number of hydrogen-bond donors (Lipinski definition) is 1. The number of aryl methyl sites for hydroxylation is 2. The Morgan fingerprint density at radius 3 is 2.38 bits per heavy atom. The van der Waals surface area contributed by atoms with Crippen LogP contribution in [0.3, 0.4) is 0 Å². The molecule has 1 aromatic heterocycles. The van der Waals surface area contributed by atoms with E-state index < -0.39 is 0 Å². The van der Waals surface area contributed by atoms with Gasteiger partial charge in [-0.1, -0.05) is 54.6 Å². The molecule has 0 fully saturated rings. The van der Waals surface area contributed by atoms with E-state index in [1.165, 1.54) is 11.1 Å². The van der Waals surface area contributed by atoms with Crippen LogP contribution in [0.4, 0.5) is 5.95 Å². The molecule has 2 aromatic carbocycles. The Morgan fingerprint density at radius 1 is 1.00 bits per heavy atom. The van der Waals surface area contributed by atoms with Crippen molar-refractivity contribution in [2.75, 3.05) is 5.32 Å². The quantitative estimate of drug-likeness (QED) is 0.634. The van der Waals surface area contributed by atoms with Gasteiger partial charge in [0.15, 0.2) is 0 Å². The first-order valence-electron chi connectivity index (χ1n) is 9.93. The predicted octanol–water partition coefficient (Wildman–Crippen LogP) is 4.76. The van der Waals surface area contributed by atoms with Gasteiger partial charge in [-0.05, 0) is 50.5 Å². The molecule has 0 spiro atoms. The molecule has 0 bridgehead atoms. The summed E-state index contributed by atoms with van der Waals surface area (Å²) in [7, 11) is 0. The van der Waals surface area contributed by atoms with Gasteiger partial charge in [0, 0.05) is 24.8 Å². The van der Waals surface area contributed by atoms with Gasteiger partial charge >= 0.3 is 0 Å². The second-order valence-corrected chi connectivity index (χ2v) is 7.51. The van der Waals surface area contributed by atoms with Gasteiger partial charge in [0.05, 0.1) is 0 Å². The van der Waals surface area contributed by atoms with Crippen molar-refractivity contribution in [1.82, 2.24) is 14.9 Å². The number of rotatable bonds is 7. The lowest BCUT2D eigenvalue weighted by Crippen LogP contribution is -2.37. The molecule has 5 heteroatoms. The first-order valence-corrected chi connectivity index (χ1v) is 9.93. The average molecular weight is 389 g/mol. The number of aromatic nitrogens is 2. The second-order valence-electron chi connectivity index (χ2n) is 7.51. The number of amides is 1. The van der Waals surface area contributed by atoms with Crippen molar-refractivity contribution in [3.8, 4) is 0 Å². The molecule has 3 aromatic rings. The van der Waals surface area contributed by atoms with E-state index in [-0.39, 0.29) is 11.9 Å². The van der Waals surface area contributed by atoms with Crippen LogP contribution < -0.4 is 5.32 Å². The molecule has 0 saturated carbocycles. The minimum Gasteiger partial charge on any atom is -0.350 e. The van der Waals surface area contributed by atoms with E-state index in [4.69, 9.17) is 0 Å². The minimum absolute atomic E-state index is 0.0568. The number of carbonyl (C=O) groups excluding carboxylic acids is 1. The summed E-state index contributed by atoms with van der Waals surface area (Å²) >= 11 is 0. The van der Waals surface area contributed by atoms with Crippen molar-refractivity contribution in [3.05, 3.63) is 88.7 Å². The summed E-state index contributed by atoms with van der Waals surface area (Å²) in [6, 6.07) is 20.0. The third kappa shape index (κ3) is 5.41. The Bertz CT molecular complexity index is 970. The molecule has 0 unspecified atom stereocenters. The molecule has 150 valence electrons. The number of carbonyl (C=O) groups is 1. The smallest absolute Gasteiger partial charge is 0.273 e. The SMILES string of the molecule is Cc1cc(C(=O)N(Cc2ccccc2)C(C)C)nc(NCc2ccccc2C)n1. The van der Waals surface area contributed by atoms with E-state index in [1.807, 2.05) is 68.1 Å². The maximum atomic E-state index is 13.2. The van der Waals surface area contributed by atoms with Crippen molar-refractivity contribution in [2.45, 2.75) is 46.8 Å². The van der Waals surface area contributed by atoms with E-state index in [9.17, 15) is 4.79 Å². The summed E-state index contributed by atoms with van der Waals surface area (Å²) in [6.45, 7) is 9.16. The van der Waals surface area contributed by atoms with Crippen LogP contribution in [0.2, 0.25) is 0 Å². The van der Waals surface area contributed by atoms with E-state index >= 15 is 0 Å². The molecule has 1 heterocycles. The number of anilines is 1. The van der Waals surface area contributed by atoms with Crippen molar-refractivity contribution < 1.29 is 4.79 Å². The van der Waals surface area contributed by atoms with Gasteiger partial charge < -0.3 is 10.2 Å². The van der Waals surface area contributed by atoms with Gasteiger partial charge in [0.2, 0.25) is 5.95 Å². The Labute approximate surface area is 172 Å². The van der Waals surface area contributed by atoms with E-state index in [1.54, 1.807) is 6.07 Å². The second kappa shape index (κ2) is 9.32. The van der Waals surface area contributed by atoms with E-state index in [0.29, 0.717) is 24.7 Å². The standard InChI is InChI=1S/C24H28N4O/c1-17(2)28(16-20-11-6-5-7-12-20)23(29)22-14-19(4)26-24(27-22)25-15-21-13-9-8-10-18(21)3/h5-14,17H,15-16H2,1-4H3,(H,25,26,27). The van der Waals surface area contributed by atoms with Gasteiger partial charge in [-0.15, -0.1) is 0 Å². The molecule has 3 rings (SSSR count). The van der Waals surface area contributed by atoms with Gasteiger partial charge in [0.25, 0.3) is 5.91 Å². The molecule has 1 N–H and O–H groups in total. The first kappa shape index (κ1) is 20.5. The Morgan fingerprint density at radius 2 is 1.69 bits per heavy atom. The highest BCUT2D eigenvalue weighted by molar-refractivity contribution is 5.92. The summed E-state index contributed by atoms with van der Waals surface area (Å²) in [6.07, 6.45) is 0. The Hall–Kier alpha value is -3.21. The topological polar surface area (TPSA) is 58.1 Å². The third-order valence-corrected chi connectivity index (χ3v) is 4.85. The van der Waals surface area contributed by atoms with Crippen LogP contribution in [0.5, 0.6) is 0 Å². The lowest BCUT2D eigenvalue weighted by molar-refractivity contribution is 0.0684. The number of nitrogens with zero attached hydrogens (tertiary/aromatic N) is 3. The highest BCUT2D eigenvalue weighted by Crippen LogP contribution is 2.15. The summed E-state index contributed by atoms with van der Waals surface area (Å²) in [5.74, 6) is 0.383. The fraction of sp³-hybridized carbons (Fsp3) is 0.292. The van der Waals surface area contributed by atoms with Crippen molar-refractivity contribution in [2.24, 2.45) is 0 Å². The van der Waals surface area contributed by atoms with Crippen molar-refractivity contribution in [3.63, 3.8) is 0 Å². The number of nitrogens with one attached hydrogen (secondary N) is 1. The normalized spacial score (nSPS) is 10.8. The molecule has 0 aliphatic carbocycles. The number of benzene rings is 2. The average Bonchev–Trinajstić information content (AvgIpc) is 2.71. The summed E-state index contributed by atoms with van der Waals surface area (Å²) in [4.78, 5) is 24.0. The molecule has 0 radical (unpaired) electrons. The highest BCUT2D eigenvalue weighted by Gasteiger charge is 2.21. The summed E-state index contributed by atoms with van der Waals surface area (Å²) in [5, 5.41) is 3.26. The molecule has 5 nitrogen and oxygen atoms in total. The van der Waals surface area contributed by atoms with Crippen LogP contribution in [0.1, 0.15) is 46.7 Å². The van der Waals surface area contributed by atoms with Crippen LogP contribution in [0.15, 0.2) is 60.7 Å². The largest absolute Gasteiger partial charge is 0.350 e. The molecule has 0 aliphatic rings. The molecule has 0 saturated heterocycles. The van der Waals surface area contributed by atoms with E-state index in [2.05, 4.69) is 34.3 Å². The van der Waals surface area contributed by atoms with Crippen LogP contribution in [-0.2, 0) is 13.1 Å². The predicted molar refractivity (Wildman–Crippen MR) is 117 cm³/mol. The van der Waals surface area contributed by atoms with Crippen molar-refractivity contribution >= 4 is 11.9 Å². The molecule has 0 atom stereocenters. The minimum atomic E-state index is -0.0895. The maximum Gasteiger partial charge on any atom is 0.273 e. The lowest BCUT2D eigenvalue weighted by Gasteiger charge is -2.26.